The molecular weight excluding hydrogens is 390 g/mol. The van der Waals surface area contributed by atoms with Crippen LogP contribution < -0.4 is 10.6 Å². The molecule has 0 radical (unpaired) electrons. The number of imide groups is 1. The van der Waals surface area contributed by atoms with Gasteiger partial charge in [-0.05, 0) is 52.9 Å². The Morgan fingerprint density at radius 1 is 1.00 bits per heavy atom. The van der Waals surface area contributed by atoms with E-state index in [1.807, 2.05) is 66.7 Å². The Hall–Kier alpha value is -3.67. The van der Waals surface area contributed by atoms with Crippen LogP contribution in [0.2, 0.25) is 0 Å². The van der Waals surface area contributed by atoms with E-state index in [1.165, 1.54) is 5.56 Å². The summed E-state index contributed by atoms with van der Waals surface area (Å²) >= 11 is 0. The number of nitrogens with zero attached hydrogens (tertiary/aromatic N) is 1. The molecule has 2 N–H and O–H groups in total. The maximum absolute atomic E-state index is 13.1. The highest BCUT2D eigenvalue weighted by molar-refractivity contribution is 6.10. The monoisotopic (exact) mass is 415 g/mol. The van der Waals surface area contributed by atoms with Gasteiger partial charge >= 0.3 is 6.03 Å². The predicted octanol–water partition coefficient (Wildman–Crippen LogP) is 4.37. The van der Waals surface area contributed by atoms with Crippen LogP contribution in [0.1, 0.15) is 37.8 Å². The molecule has 6 heteroatoms. The summed E-state index contributed by atoms with van der Waals surface area (Å²) in [7, 11) is 0. The van der Waals surface area contributed by atoms with Crippen LogP contribution in [-0.2, 0) is 15.1 Å². The Bertz CT molecular complexity index is 1170. The quantitative estimate of drug-likeness (QED) is 0.608. The van der Waals surface area contributed by atoms with Crippen LogP contribution in [0.25, 0.3) is 10.8 Å². The Morgan fingerprint density at radius 2 is 1.68 bits per heavy atom. The van der Waals surface area contributed by atoms with Crippen molar-refractivity contribution in [2.75, 3.05) is 11.9 Å². The number of hydrogen-bond acceptors (Lipinski definition) is 3. The van der Waals surface area contributed by atoms with Crippen molar-refractivity contribution in [2.45, 2.75) is 32.2 Å². The first-order valence-corrected chi connectivity index (χ1v) is 10.3. The normalized spacial score (nSPS) is 18.5. The lowest BCUT2D eigenvalue weighted by Gasteiger charge is -2.22. The van der Waals surface area contributed by atoms with Crippen molar-refractivity contribution >= 4 is 34.3 Å². The van der Waals surface area contributed by atoms with E-state index in [9.17, 15) is 14.4 Å². The van der Waals surface area contributed by atoms with Gasteiger partial charge in [-0.15, -0.1) is 0 Å². The number of amides is 4. The average molecular weight is 415 g/mol. The highest BCUT2D eigenvalue weighted by Crippen LogP contribution is 2.31. The molecule has 4 rings (SSSR count). The van der Waals surface area contributed by atoms with Gasteiger partial charge in [-0.3, -0.25) is 14.5 Å². The zero-order valence-corrected chi connectivity index (χ0v) is 17.8. The van der Waals surface area contributed by atoms with Gasteiger partial charge in [-0.1, -0.05) is 62.4 Å². The van der Waals surface area contributed by atoms with Gasteiger partial charge in [0.1, 0.15) is 12.1 Å². The molecule has 1 saturated heterocycles. The zero-order chi connectivity index (χ0) is 22.2. The lowest BCUT2D eigenvalue weighted by atomic mass is 9.90. The summed E-state index contributed by atoms with van der Waals surface area (Å²) in [6.45, 7) is 5.51. The van der Waals surface area contributed by atoms with Crippen LogP contribution in [0, 0.1) is 0 Å². The van der Waals surface area contributed by atoms with Crippen LogP contribution in [0.5, 0.6) is 0 Å². The molecule has 1 fully saturated rings. The molecule has 0 spiro atoms. The molecule has 0 bridgehead atoms. The molecule has 1 atom stereocenters. The zero-order valence-electron chi connectivity index (χ0n) is 17.8. The fourth-order valence-corrected chi connectivity index (χ4v) is 3.83. The molecule has 0 saturated carbocycles. The highest BCUT2D eigenvalue weighted by atomic mass is 16.2. The topological polar surface area (TPSA) is 78.5 Å². The number of hydrogen-bond donors (Lipinski definition) is 2. The van der Waals surface area contributed by atoms with Crippen LogP contribution in [0.4, 0.5) is 10.5 Å². The maximum atomic E-state index is 13.1. The van der Waals surface area contributed by atoms with Gasteiger partial charge in [0.2, 0.25) is 5.91 Å². The van der Waals surface area contributed by atoms with Crippen molar-refractivity contribution in [1.82, 2.24) is 10.2 Å². The number of benzene rings is 3. The van der Waals surface area contributed by atoms with Gasteiger partial charge in [0.05, 0.1) is 0 Å². The van der Waals surface area contributed by atoms with Gasteiger partial charge in [0.15, 0.2) is 0 Å². The van der Waals surface area contributed by atoms with Gasteiger partial charge in [-0.25, -0.2) is 4.79 Å². The third-order valence-corrected chi connectivity index (χ3v) is 5.76. The molecule has 158 valence electrons. The second-order valence-corrected chi connectivity index (χ2v) is 8.33. The molecular formula is C25H25N3O3. The largest absolute Gasteiger partial charge is 0.325 e. The van der Waals surface area contributed by atoms with Crippen molar-refractivity contribution < 1.29 is 14.4 Å². The van der Waals surface area contributed by atoms with E-state index < -0.39 is 23.4 Å². The van der Waals surface area contributed by atoms with Gasteiger partial charge in [-0.2, -0.15) is 0 Å². The minimum absolute atomic E-state index is 0.347. The van der Waals surface area contributed by atoms with Crippen molar-refractivity contribution in [3.8, 4) is 0 Å². The van der Waals surface area contributed by atoms with E-state index in [1.54, 1.807) is 6.92 Å². The second kappa shape index (κ2) is 7.87. The molecule has 6 nitrogen and oxygen atoms in total. The minimum Gasteiger partial charge on any atom is -0.325 e. The van der Waals surface area contributed by atoms with Crippen molar-refractivity contribution in [3.05, 3.63) is 77.9 Å². The van der Waals surface area contributed by atoms with E-state index in [2.05, 4.69) is 24.5 Å². The smallest absolute Gasteiger partial charge is 0.325 e. The van der Waals surface area contributed by atoms with Crippen LogP contribution >= 0.6 is 0 Å². The fraction of sp³-hybridized carbons (Fsp3) is 0.240. The molecule has 1 unspecified atom stereocenters. The standard InChI is InChI=1S/C25H25N3O3/c1-16(2)17-9-12-21(13-10-17)26-22(29)15-28-23(30)25(3,27-24(28)31)20-11-8-18-6-4-5-7-19(18)14-20/h4-14,16H,15H2,1-3H3,(H,26,29)(H,27,31). The number of nitrogens with one attached hydrogen (secondary N) is 2. The molecule has 3 aromatic carbocycles. The fourth-order valence-electron chi connectivity index (χ4n) is 3.83. The average Bonchev–Trinajstić information content (AvgIpc) is 2.97. The van der Waals surface area contributed by atoms with Gasteiger partial charge in [0, 0.05) is 5.69 Å². The van der Waals surface area contributed by atoms with Crippen molar-refractivity contribution in [2.24, 2.45) is 0 Å². The third-order valence-electron chi connectivity index (χ3n) is 5.76. The lowest BCUT2D eigenvalue weighted by molar-refractivity contribution is -0.133. The molecule has 1 heterocycles. The number of urea groups is 1. The summed E-state index contributed by atoms with van der Waals surface area (Å²) in [6.07, 6.45) is 0. The number of carbonyl (C=O) groups excluding carboxylic acids is 3. The van der Waals surface area contributed by atoms with E-state index in [0.29, 0.717) is 17.2 Å². The van der Waals surface area contributed by atoms with Gasteiger partial charge < -0.3 is 10.6 Å². The van der Waals surface area contributed by atoms with Crippen molar-refractivity contribution in [1.29, 1.82) is 0 Å². The first kappa shape index (κ1) is 20.6. The number of anilines is 1. The first-order valence-electron chi connectivity index (χ1n) is 10.3. The summed E-state index contributed by atoms with van der Waals surface area (Å²) in [5.41, 5.74) is 1.24. The molecule has 0 aliphatic carbocycles. The maximum Gasteiger partial charge on any atom is 0.325 e. The van der Waals surface area contributed by atoms with E-state index in [0.717, 1.165) is 15.7 Å². The Kier molecular flexibility index (Phi) is 5.23. The van der Waals surface area contributed by atoms with E-state index in [4.69, 9.17) is 0 Å². The Morgan fingerprint density at radius 3 is 2.35 bits per heavy atom. The molecule has 1 aliphatic heterocycles. The predicted molar refractivity (Wildman–Crippen MR) is 121 cm³/mol. The van der Waals surface area contributed by atoms with Gasteiger partial charge in [0.25, 0.3) is 5.91 Å². The molecule has 1 aliphatic rings. The molecule has 0 aromatic heterocycles. The summed E-state index contributed by atoms with van der Waals surface area (Å²) < 4.78 is 0. The number of fused-ring (bicyclic) bond motifs is 1. The molecule has 4 amide bonds. The number of rotatable bonds is 5. The SMILES string of the molecule is CC(C)c1ccc(NC(=O)CN2C(=O)NC(C)(c3ccc4ccccc4c3)C2=O)cc1. The summed E-state index contributed by atoms with van der Waals surface area (Å²) in [5.74, 6) is -0.481. The Labute approximate surface area is 181 Å². The lowest BCUT2D eigenvalue weighted by Crippen LogP contribution is -2.42. The highest BCUT2D eigenvalue weighted by Gasteiger charge is 2.49. The second-order valence-electron chi connectivity index (χ2n) is 8.33. The minimum atomic E-state index is -1.22. The summed E-state index contributed by atoms with van der Waals surface area (Å²) in [4.78, 5) is 39.2. The third kappa shape index (κ3) is 3.89. The van der Waals surface area contributed by atoms with Crippen LogP contribution in [0.15, 0.2) is 66.7 Å². The van der Waals surface area contributed by atoms with E-state index in [-0.39, 0.29) is 6.54 Å². The summed E-state index contributed by atoms with van der Waals surface area (Å²) in [5, 5.41) is 7.54. The molecule has 31 heavy (non-hydrogen) atoms. The number of carbonyl (C=O) groups is 3. The summed E-state index contributed by atoms with van der Waals surface area (Å²) in [6, 6.07) is 20.4. The van der Waals surface area contributed by atoms with Crippen molar-refractivity contribution in [3.63, 3.8) is 0 Å². The van der Waals surface area contributed by atoms with E-state index >= 15 is 0 Å². The van der Waals surface area contributed by atoms with Crippen LogP contribution in [-0.4, -0.2) is 29.3 Å². The Balaban J connectivity index is 1.50. The van der Waals surface area contributed by atoms with Crippen LogP contribution in [0.3, 0.4) is 0 Å². The first-order chi connectivity index (χ1) is 14.8. The molecule has 3 aromatic rings.